The maximum absolute atomic E-state index is 13.0. The van der Waals surface area contributed by atoms with E-state index in [0.717, 1.165) is 37.7 Å². The van der Waals surface area contributed by atoms with Crippen LogP contribution in [0.2, 0.25) is 0 Å². The van der Waals surface area contributed by atoms with E-state index >= 15 is 0 Å². The van der Waals surface area contributed by atoms with E-state index in [0.29, 0.717) is 18.0 Å². The van der Waals surface area contributed by atoms with E-state index in [2.05, 4.69) is 22.3 Å². The molecule has 0 spiro atoms. The second kappa shape index (κ2) is 11.3. The number of morpholine rings is 1. The predicted octanol–water partition coefficient (Wildman–Crippen LogP) is 4.67. The molecule has 6 nitrogen and oxygen atoms in total. The van der Waals surface area contributed by atoms with Gasteiger partial charge in [-0.25, -0.2) is 0 Å². The zero-order valence-corrected chi connectivity index (χ0v) is 19.6. The lowest BCUT2D eigenvalue weighted by Crippen LogP contribution is -2.38. The molecule has 176 valence electrons. The van der Waals surface area contributed by atoms with Crippen LogP contribution in [0.3, 0.4) is 0 Å². The molecule has 2 aromatic carbocycles. The Morgan fingerprint density at radius 2 is 1.64 bits per heavy atom. The Morgan fingerprint density at radius 1 is 0.970 bits per heavy atom. The number of carbonyl (C=O) groups excluding carboxylic acids is 2. The van der Waals surface area contributed by atoms with Crippen molar-refractivity contribution in [3.8, 4) is 0 Å². The second-order valence-electron chi connectivity index (χ2n) is 8.97. The first-order chi connectivity index (χ1) is 16.1. The van der Waals surface area contributed by atoms with Gasteiger partial charge in [0.15, 0.2) is 0 Å². The number of carbonyl (C=O) groups is 2. The Kier molecular flexibility index (Phi) is 8.00. The maximum Gasteiger partial charge on any atom is 0.254 e. The van der Waals surface area contributed by atoms with Crippen LogP contribution in [0.25, 0.3) is 0 Å². The topological polar surface area (TPSA) is 61.9 Å². The van der Waals surface area contributed by atoms with Crippen LogP contribution < -0.4 is 10.2 Å². The predicted molar refractivity (Wildman–Crippen MR) is 132 cm³/mol. The molecular weight excluding hydrogens is 414 g/mol. The molecule has 2 aromatic rings. The van der Waals surface area contributed by atoms with Crippen LogP contribution in [0, 0.1) is 0 Å². The van der Waals surface area contributed by atoms with Crippen molar-refractivity contribution < 1.29 is 14.3 Å². The van der Waals surface area contributed by atoms with E-state index in [9.17, 15) is 9.59 Å². The SMILES string of the molecule is CCN(CC(=O)Nc1ccc(N2CCOCC2)cc1)C(=O)c1ccc(C2CCCCC2)cc1. The van der Waals surface area contributed by atoms with Crippen molar-refractivity contribution in [2.24, 2.45) is 0 Å². The summed E-state index contributed by atoms with van der Waals surface area (Å²) >= 11 is 0. The number of anilines is 2. The molecule has 2 aliphatic rings. The minimum absolute atomic E-state index is 0.0327. The van der Waals surface area contributed by atoms with Gasteiger partial charge in [-0.3, -0.25) is 9.59 Å². The average Bonchev–Trinajstić information content (AvgIpc) is 2.88. The molecule has 0 unspecified atom stereocenters. The summed E-state index contributed by atoms with van der Waals surface area (Å²) in [6.07, 6.45) is 6.39. The summed E-state index contributed by atoms with van der Waals surface area (Å²) in [4.78, 5) is 29.5. The Morgan fingerprint density at radius 3 is 2.27 bits per heavy atom. The van der Waals surface area contributed by atoms with E-state index in [4.69, 9.17) is 4.74 Å². The first-order valence-electron chi connectivity index (χ1n) is 12.3. The van der Waals surface area contributed by atoms with Crippen LogP contribution in [-0.4, -0.2) is 56.1 Å². The van der Waals surface area contributed by atoms with E-state index < -0.39 is 0 Å². The van der Waals surface area contributed by atoms with E-state index in [-0.39, 0.29) is 18.4 Å². The molecule has 1 heterocycles. The summed E-state index contributed by atoms with van der Waals surface area (Å²) in [7, 11) is 0. The lowest BCUT2D eigenvalue weighted by Gasteiger charge is -2.29. The monoisotopic (exact) mass is 449 g/mol. The highest BCUT2D eigenvalue weighted by atomic mass is 16.5. The van der Waals surface area contributed by atoms with Gasteiger partial charge in [-0.2, -0.15) is 0 Å². The van der Waals surface area contributed by atoms with Crippen molar-refractivity contribution in [2.75, 3.05) is 49.6 Å². The van der Waals surface area contributed by atoms with Crippen LogP contribution >= 0.6 is 0 Å². The van der Waals surface area contributed by atoms with Crippen LogP contribution in [0.5, 0.6) is 0 Å². The number of nitrogens with zero attached hydrogens (tertiary/aromatic N) is 2. The van der Waals surface area contributed by atoms with Gasteiger partial charge < -0.3 is 19.9 Å². The van der Waals surface area contributed by atoms with Crippen molar-refractivity contribution >= 4 is 23.2 Å². The van der Waals surface area contributed by atoms with Gasteiger partial charge in [0.25, 0.3) is 5.91 Å². The molecule has 2 amide bonds. The molecule has 1 N–H and O–H groups in total. The first-order valence-corrected chi connectivity index (χ1v) is 12.3. The van der Waals surface area contributed by atoms with Crippen LogP contribution in [0.15, 0.2) is 48.5 Å². The molecular formula is C27H35N3O3. The molecule has 0 atom stereocenters. The fraction of sp³-hybridized carbons (Fsp3) is 0.481. The standard InChI is InChI=1S/C27H35N3O3/c1-2-29(27(32)23-10-8-22(9-11-23)21-6-4-3-5-7-21)20-26(31)28-24-12-14-25(15-13-24)30-16-18-33-19-17-30/h8-15,21H,2-7,16-20H2,1H3,(H,28,31). The third-order valence-electron chi connectivity index (χ3n) is 6.76. The van der Waals surface area contributed by atoms with Gasteiger partial charge >= 0.3 is 0 Å². The number of amides is 2. The van der Waals surface area contributed by atoms with E-state index in [1.54, 1.807) is 4.90 Å². The largest absolute Gasteiger partial charge is 0.378 e. The van der Waals surface area contributed by atoms with Crippen molar-refractivity contribution in [2.45, 2.75) is 44.9 Å². The van der Waals surface area contributed by atoms with Gasteiger partial charge in [-0.1, -0.05) is 31.4 Å². The average molecular weight is 450 g/mol. The Balaban J connectivity index is 1.32. The Bertz CT molecular complexity index is 915. The number of benzene rings is 2. The van der Waals surface area contributed by atoms with Gasteiger partial charge in [0.1, 0.15) is 6.54 Å². The van der Waals surface area contributed by atoms with Gasteiger partial charge in [-0.15, -0.1) is 0 Å². The molecule has 1 saturated heterocycles. The van der Waals surface area contributed by atoms with Crippen molar-refractivity contribution in [3.05, 3.63) is 59.7 Å². The van der Waals surface area contributed by atoms with Crippen LogP contribution in [-0.2, 0) is 9.53 Å². The maximum atomic E-state index is 13.0. The summed E-state index contributed by atoms with van der Waals surface area (Å²) in [6, 6.07) is 15.8. The zero-order valence-electron chi connectivity index (χ0n) is 19.6. The molecule has 6 heteroatoms. The quantitative estimate of drug-likeness (QED) is 0.667. The molecule has 4 rings (SSSR count). The molecule has 0 bridgehead atoms. The van der Waals surface area contributed by atoms with Crippen LogP contribution in [0.4, 0.5) is 11.4 Å². The molecule has 1 saturated carbocycles. The summed E-state index contributed by atoms with van der Waals surface area (Å²) < 4.78 is 5.40. The summed E-state index contributed by atoms with van der Waals surface area (Å²) in [6.45, 7) is 5.64. The van der Waals surface area contributed by atoms with Gasteiger partial charge in [0, 0.05) is 36.6 Å². The third kappa shape index (κ3) is 6.14. The lowest BCUT2D eigenvalue weighted by molar-refractivity contribution is -0.116. The number of nitrogens with one attached hydrogen (secondary N) is 1. The molecule has 2 fully saturated rings. The minimum Gasteiger partial charge on any atom is -0.378 e. The highest BCUT2D eigenvalue weighted by molar-refractivity contribution is 5.99. The van der Waals surface area contributed by atoms with Crippen molar-refractivity contribution in [1.82, 2.24) is 4.90 Å². The molecule has 1 aliphatic carbocycles. The zero-order chi connectivity index (χ0) is 23.0. The normalized spacial score (nSPS) is 16.9. The highest BCUT2D eigenvalue weighted by Crippen LogP contribution is 2.32. The Hall–Kier alpha value is -2.86. The fourth-order valence-electron chi connectivity index (χ4n) is 4.79. The van der Waals surface area contributed by atoms with E-state index in [1.807, 2.05) is 43.3 Å². The summed E-state index contributed by atoms with van der Waals surface area (Å²) in [5.41, 5.74) is 3.82. The summed E-state index contributed by atoms with van der Waals surface area (Å²) in [5, 5.41) is 2.92. The second-order valence-corrected chi connectivity index (χ2v) is 8.97. The van der Waals surface area contributed by atoms with Crippen LogP contribution in [0.1, 0.15) is 60.9 Å². The number of ether oxygens (including phenoxy) is 1. The number of hydrogen-bond donors (Lipinski definition) is 1. The Labute approximate surface area is 196 Å². The fourth-order valence-corrected chi connectivity index (χ4v) is 4.79. The molecule has 0 radical (unpaired) electrons. The lowest BCUT2D eigenvalue weighted by atomic mass is 9.84. The highest BCUT2D eigenvalue weighted by Gasteiger charge is 2.20. The molecule has 1 aliphatic heterocycles. The third-order valence-corrected chi connectivity index (χ3v) is 6.76. The summed E-state index contributed by atoms with van der Waals surface area (Å²) in [5.74, 6) is 0.319. The van der Waals surface area contributed by atoms with Gasteiger partial charge in [-0.05, 0) is 67.6 Å². The molecule has 0 aromatic heterocycles. The van der Waals surface area contributed by atoms with Crippen molar-refractivity contribution in [1.29, 1.82) is 0 Å². The number of rotatable bonds is 7. The van der Waals surface area contributed by atoms with Crippen molar-refractivity contribution in [3.63, 3.8) is 0 Å². The van der Waals surface area contributed by atoms with E-state index in [1.165, 1.54) is 37.7 Å². The molecule has 33 heavy (non-hydrogen) atoms. The minimum atomic E-state index is -0.192. The van der Waals surface area contributed by atoms with Gasteiger partial charge in [0.05, 0.1) is 13.2 Å². The first kappa shape index (κ1) is 23.3. The number of hydrogen-bond acceptors (Lipinski definition) is 4. The van der Waals surface area contributed by atoms with Gasteiger partial charge in [0.2, 0.25) is 5.91 Å². The smallest absolute Gasteiger partial charge is 0.254 e. The number of likely N-dealkylation sites (N-methyl/N-ethyl adjacent to an activating group) is 1.